The molecule has 0 fully saturated rings. The van der Waals surface area contributed by atoms with E-state index in [9.17, 15) is 4.79 Å². The van der Waals surface area contributed by atoms with Gasteiger partial charge in [-0.25, -0.2) is 4.99 Å². The molecule has 6 heteroatoms. The maximum Gasteiger partial charge on any atom is 0.216 e. The van der Waals surface area contributed by atoms with Gasteiger partial charge in [-0.2, -0.15) is 0 Å². The summed E-state index contributed by atoms with van der Waals surface area (Å²) in [5, 5.41) is 0.886. The summed E-state index contributed by atoms with van der Waals surface area (Å²) >= 11 is 13.4. The zero-order valence-electron chi connectivity index (χ0n) is 18.0. The van der Waals surface area contributed by atoms with Crippen LogP contribution in [0.15, 0.2) is 41.4 Å². The zero-order chi connectivity index (χ0) is 22.3. The Labute approximate surface area is 198 Å². The van der Waals surface area contributed by atoms with Crippen molar-refractivity contribution < 1.29 is 14.3 Å². The molecule has 0 N–H and O–H groups in total. The molecule has 0 saturated heterocycles. The second-order valence-electron chi connectivity index (χ2n) is 8.79. The molecule has 32 heavy (non-hydrogen) atoms. The van der Waals surface area contributed by atoms with E-state index in [1.807, 2.05) is 30.3 Å². The summed E-state index contributed by atoms with van der Waals surface area (Å²) in [6.45, 7) is 3.87. The highest BCUT2D eigenvalue weighted by Crippen LogP contribution is 2.58. The Morgan fingerprint density at radius 3 is 2.88 bits per heavy atom. The van der Waals surface area contributed by atoms with Gasteiger partial charge in [-0.05, 0) is 60.2 Å². The maximum absolute atomic E-state index is 12.2. The van der Waals surface area contributed by atoms with Gasteiger partial charge in [-0.1, -0.05) is 48.7 Å². The van der Waals surface area contributed by atoms with Gasteiger partial charge in [0.05, 0.1) is 11.6 Å². The first-order valence-electron chi connectivity index (χ1n) is 11.2. The molecule has 4 nitrogen and oxygen atoms in total. The maximum atomic E-state index is 12.2. The third-order valence-electron chi connectivity index (χ3n) is 6.66. The van der Waals surface area contributed by atoms with Crippen LogP contribution in [0.3, 0.4) is 0 Å². The first-order valence-corrected chi connectivity index (χ1v) is 11.9. The van der Waals surface area contributed by atoms with Crippen molar-refractivity contribution >= 4 is 40.5 Å². The molecule has 0 radical (unpaired) electrons. The fourth-order valence-electron chi connectivity index (χ4n) is 5.25. The summed E-state index contributed by atoms with van der Waals surface area (Å²) in [7, 11) is 0. The Balaban J connectivity index is 1.43. The third kappa shape index (κ3) is 3.74. The van der Waals surface area contributed by atoms with E-state index in [0.29, 0.717) is 47.9 Å². The molecule has 0 saturated carbocycles. The average molecular weight is 470 g/mol. The predicted molar refractivity (Wildman–Crippen MR) is 128 cm³/mol. The summed E-state index contributed by atoms with van der Waals surface area (Å²) in [5.74, 6) is 1.42. The van der Waals surface area contributed by atoms with Crippen LogP contribution in [0, 0.1) is 5.41 Å². The molecule has 1 heterocycles. The number of ether oxygens (including phenoxy) is 2. The van der Waals surface area contributed by atoms with Crippen molar-refractivity contribution in [2.24, 2.45) is 10.4 Å². The number of halogens is 2. The van der Waals surface area contributed by atoms with Crippen molar-refractivity contribution in [3.05, 3.63) is 68.7 Å². The van der Waals surface area contributed by atoms with Crippen LogP contribution in [0.25, 0.3) is 5.57 Å². The van der Waals surface area contributed by atoms with Gasteiger partial charge in [0.1, 0.15) is 24.0 Å². The Morgan fingerprint density at radius 1 is 1.22 bits per heavy atom. The van der Waals surface area contributed by atoms with E-state index in [1.54, 1.807) is 6.08 Å². The molecule has 2 aromatic rings. The fourth-order valence-corrected chi connectivity index (χ4v) is 5.77. The van der Waals surface area contributed by atoms with Crippen LogP contribution in [-0.4, -0.2) is 24.8 Å². The van der Waals surface area contributed by atoms with Gasteiger partial charge in [0.15, 0.2) is 5.78 Å². The van der Waals surface area contributed by atoms with Crippen molar-refractivity contribution in [2.45, 2.75) is 45.6 Å². The standard InChI is InChI=1S/C26H25Cl2NO3/c1-2-7-26-8-6-19(30)13-20(26)22-18(14-26)12-21(23(27)24(22)28)32-15-16-4-3-5-17(11-16)25-29-9-10-31-25/h3-5,11-13H,2,6-10,14-15H2,1H3/t26-/m1/s1. The van der Waals surface area contributed by atoms with E-state index in [1.165, 1.54) is 0 Å². The summed E-state index contributed by atoms with van der Waals surface area (Å²) in [6.07, 6.45) is 6.21. The number of hydrogen-bond donors (Lipinski definition) is 0. The lowest BCUT2D eigenvalue weighted by Crippen LogP contribution is -2.25. The van der Waals surface area contributed by atoms with Crippen molar-refractivity contribution in [3.8, 4) is 5.75 Å². The first kappa shape index (κ1) is 21.5. The molecular formula is C26H25Cl2NO3. The summed E-state index contributed by atoms with van der Waals surface area (Å²) in [4.78, 5) is 16.6. The average Bonchev–Trinajstić information content (AvgIpc) is 3.43. The molecule has 0 aromatic heterocycles. The molecule has 1 atom stereocenters. The van der Waals surface area contributed by atoms with Crippen LogP contribution < -0.4 is 4.74 Å². The number of allylic oxidation sites excluding steroid dienone is 2. The highest BCUT2D eigenvalue weighted by atomic mass is 35.5. The van der Waals surface area contributed by atoms with Gasteiger partial charge in [-0.3, -0.25) is 4.79 Å². The van der Waals surface area contributed by atoms with Crippen LogP contribution in [0.1, 0.15) is 54.9 Å². The monoisotopic (exact) mass is 469 g/mol. The van der Waals surface area contributed by atoms with Gasteiger partial charge >= 0.3 is 0 Å². The number of hydrogen-bond acceptors (Lipinski definition) is 4. The second-order valence-corrected chi connectivity index (χ2v) is 9.55. The van der Waals surface area contributed by atoms with Crippen LogP contribution >= 0.6 is 23.2 Å². The molecule has 2 aromatic carbocycles. The Morgan fingerprint density at radius 2 is 2.09 bits per heavy atom. The highest BCUT2D eigenvalue weighted by Gasteiger charge is 2.45. The third-order valence-corrected chi connectivity index (χ3v) is 7.51. The Kier molecular flexibility index (Phi) is 5.77. The van der Waals surface area contributed by atoms with E-state index in [-0.39, 0.29) is 11.2 Å². The van der Waals surface area contributed by atoms with E-state index in [0.717, 1.165) is 53.5 Å². The molecule has 166 valence electrons. The summed E-state index contributed by atoms with van der Waals surface area (Å²) in [5.41, 5.74) is 5.04. The fraction of sp³-hybridized carbons (Fsp3) is 0.385. The largest absolute Gasteiger partial charge is 0.487 e. The molecule has 0 spiro atoms. The smallest absolute Gasteiger partial charge is 0.216 e. The molecule has 0 amide bonds. The highest BCUT2D eigenvalue weighted by molar-refractivity contribution is 6.44. The molecule has 1 aliphatic heterocycles. The number of ketones is 1. The minimum absolute atomic E-state index is 0.0209. The number of benzene rings is 2. The molecule has 5 rings (SSSR count). The van der Waals surface area contributed by atoms with E-state index >= 15 is 0 Å². The van der Waals surface area contributed by atoms with E-state index < -0.39 is 0 Å². The number of aliphatic imine (C=N–C) groups is 1. The van der Waals surface area contributed by atoms with Crippen LogP contribution in [0.4, 0.5) is 0 Å². The molecule has 0 unspecified atom stereocenters. The number of rotatable bonds is 6. The van der Waals surface area contributed by atoms with Gasteiger partial charge < -0.3 is 9.47 Å². The molecule has 3 aliphatic rings. The van der Waals surface area contributed by atoms with E-state index in [4.69, 9.17) is 32.7 Å². The van der Waals surface area contributed by atoms with Crippen LogP contribution in [0.5, 0.6) is 5.75 Å². The summed E-state index contributed by atoms with van der Waals surface area (Å²) in [6, 6.07) is 9.99. The molecular weight excluding hydrogens is 445 g/mol. The number of carbonyl (C=O) groups excluding carboxylic acids is 1. The number of nitrogens with zero attached hydrogens (tertiary/aromatic N) is 1. The minimum Gasteiger partial charge on any atom is -0.487 e. The first-order chi connectivity index (χ1) is 15.5. The quantitative estimate of drug-likeness (QED) is 0.488. The predicted octanol–water partition coefficient (Wildman–Crippen LogP) is 6.44. The normalized spacial score (nSPS) is 21.5. The molecule has 2 aliphatic carbocycles. The van der Waals surface area contributed by atoms with Gasteiger partial charge in [0.25, 0.3) is 0 Å². The second kappa shape index (κ2) is 8.57. The SMILES string of the molecule is CCC[C@]12CCC(=O)C=C1c1c(cc(OCc3cccc(C4=NCCO4)c3)c(Cl)c1Cl)C2. The lowest BCUT2D eigenvalue weighted by Gasteiger charge is -2.33. The van der Waals surface area contributed by atoms with Gasteiger partial charge in [-0.15, -0.1) is 0 Å². The minimum atomic E-state index is -0.0209. The lowest BCUT2D eigenvalue weighted by molar-refractivity contribution is -0.115. The topological polar surface area (TPSA) is 47.9 Å². The van der Waals surface area contributed by atoms with Gasteiger partial charge in [0.2, 0.25) is 5.90 Å². The van der Waals surface area contributed by atoms with Crippen molar-refractivity contribution in [1.82, 2.24) is 0 Å². The Bertz CT molecular complexity index is 1150. The lowest BCUT2D eigenvalue weighted by atomic mass is 9.70. The zero-order valence-corrected chi connectivity index (χ0v) is 19.6. The van der Waals surface area contributed by atoms with Crippen molar-refractivity contribution in [3.63, 3.8) is 0 Å². The molecule has 0 bridgehead atoms. The number of fused-ring (bicyclic) bond motifs is 3. The van der Waals surface area contributed by atoms with E-state index in [2.05, 4.69) is 11.9 Å². The van der Waals surface area contributed by atoms with Crippen molar-refractivity contribution in [1.29, 1.82) is 0 Å². The number of carbonyl (C=O) groups is 1. The van der Waals surface area contributed by atoms with Crippen LogP contribution in [-0.2, 0) is 22.6 Å². The summed E-state index contributed by atoms with van der Waals surface area (Å²) < 4.78 is 11.7. The Hall–Kier alpha value is -2.30. The van der Waals surface area contributed by atoms with Crippen LogP contribution in [0.2, 0.25) is 10.0 Å². The van der Waals surface area contributed by atoms with Crippen molar-refractivity contribution in [2.75, 3.05) is 13.2 Å². The van der Waals surface area contributed by atoms with Gasteiger partial charge in [0, 0.05) is 23.0 Å².